The number of amides is 4. The second-order valence-electron chi connectivity index (χ2n) is 9.98. The summed E-state index contributed by atoms with van der Waals surface area (Å²) in [7, 11) is -4.53. The van der Waals surface area contributed by atoms with Crippen molar-refractivity contribution in [1.82, 2.24) is 8.96 Å². The standard InChI is InChI=1S/C33H25Cl2N5O7S/c1-3-47-32(43)29-27(28-23(35)16-21(34)17-26(28)40(29)48(45,46)22-11-5-4-6-12-22)19(2)30(41)38-24-13-7-8-14-25(24)39(33(36)44)31(42)20-10-9-15-37-18-20/h4-18H,2-3H2,1H3,(H2,36,44)(H,38,41). The van der Waals surface area contributed by atoms with Gasteiger partial charge in [0.15, 0.2) is 5.69 Å². The van der Waals surface area contributed by atoms with Crippen LogP contribution in [0.1, 0.15) is 33.3 Å². The smallest absolute Gasteiger partial charge is 0.356 e. The first-order valence-corrected chi connectivity index (χ1v) is 16.2. The van der Waals surface area contributed by atoms with Crippen LogP contribution in [0.4, 0.5) is 16.2 Å². The van der Waals surface area contributed by atoms with Gasteiger partial charge in [-0.1, -0.05) is 60.1 Å². The number of halogens is 2. The van der Waals surface area contributed by atoms with Crippen molar-refractivity contribution in [1.29, 1.82) is 0 Å². The van der Waals surface area contributed by atoms with E-state index in [2.05, 4.69) is 16.9 Å². The topological polar surface area (TPSA) is 171 Å². The van der Waals surface area contributed by atoms with Crippen LogP contribution < -0.4 is 16.0 Å². The van der Waals surface area contributed by atoms with Crippen molar-refractivity contribution in [2.45, 2.75) is 11.8 Å². The predicted molar refractivity (Wildman–Crippen MR) is 182 cm³/mol. The largest absolute Gasteiger partial charge is 0.461 e. The van der Waals surface area contributed by atoms with E-state index in [4.69, 9.17) is 33.7 Å². The fourth-order valence-corrected chi connectivity index (χ4v) is 7.06. The van der Waals surface area contributed by atoms with Gasteiger partial charge in [-0.05, 0) is 55.5 Å². The van der Waals surface area contributed by atoms with E-state index in [-0.39, 0.29) is 55.0 Å². The van der Waals surface area contributed by atoms with Crippen LogP contribution in [0.15, 0.2) is 103 Å². The summed E-state index contributed by atoms with van der Waals surface area (Å²) in [6.45, 7) is 5.28. The number of primary amides is 1. The molecule has 0 saturated carbocycles. The maximum absolute atomic E-state index is 14.1. The Bertz CT molecular complexity index is 2220. The lowest BCUT2D eigenvalue weighted by atomic mass is 10.0. The summed E-state index contributed by atoms with van der Waals surface area (Å²) in [6, 6.07) is 17.5. The molecule has 15 heteroatoms. The minimum atomic E-state index is -4.53. The van der Waals surface area contributed by atoms with Gasteiger partial charge in [-0.15, -0.1) is 0 Å². The second kappa shape index (κ2) is 13.7. The number of urea groups is 1. The Kier molecular flexibility index (Phi) is 9.66. The van der Waals surface area contributed by atoms with E-state index in [0.717, 1.165) is 3.97 Å². The minimum Gasteiger partial charge on any atom is -0.461 e. The van der Waals surface area contributed by atoms with E-state index in [1.807, 2.05) is 0 Å². The first-order valence-electron chi connectivity index (χ1n) is 14.0. The number of carbonyl (C=O) groups excluding carboxylic acids is 4. The first kappa shape index (κ1) is 33.9. The first-order chi connectivity index (χ1) is 22.9. The van der Waals surface area contributed by atoms with E-state index in [0.29, 0.717) is 4.90 Å². The molecule has 0 fully saturated rings. The molecule has 3 aromatic carbocycles. The fraction of sp³-hybridized carbons (Fsp3) is 0.0606. The summed E-state index contributed by atoms with van der Waals surface area (Å²) in [5, 5.41) is 2.52. The Balaban J connectivity index is 1.68. The van der Waals surface area contributed by atoms with E-state index in [1.165, 1.54) is 92.1 Å². The summed E-state index contributed by atoms with van der Waals surface area (Å²) in [5.41, 5.74) is 4.16. The summed E-state index contributed by atoms with van der Waals surface area (Å²) in [5.74, 6) is -2.86. The van der Waals surface area contributed by atoms with Crippen LogP contribution in [-0.4, -0.2) is 47.8 Å². The lowest BCUT2D eigenvalue weighted by molar-refractivity contribution is -0.111. The molecule has 0 bridgehead atoms. The SMILES string of the molecule is C=C(C(=O)Nc1ccccc1N(C(N)=O)C(=O)c1cccnc1)c1c(C(=O)OCC)n(S(=O)(=O)c2ccccc2)c2cc(Cl)cc(Cl)c12. The summed E-state index contributed by atoms with van der Waals surface area (Å²) >= 11 is 12.9. The van der Waals surface area contributed by atoms with Gasteiger partial charge in [0.2, 0.25) is 0 Å². The van der Waals surface area contributed by atoms with Gasteiger partial charge in [0.05, 0.1) is 39.0 Å². The number of pyridine rings is 1. The maximum Gasteiger partial charge on any atom is 0.356 e. The summed E-state index contributed by atoms with van der Waals surface area (Å²) < 4.78 is 34.2. The molecule has 0 aliphatic rings. The Morgan fingerprint density at radius 2 is 1.69 bits per heavy atom. The molecular weight excluding hydrogens is 681 g/mol. The lowest BCUT2D eigenvalue weighted by Crippen LogP contribution is -2.41. The lowest BCUT2D eigenvalue weighted by Gasteiger charge is -2.22. The number of benzene rings is 3. The number of esters is 1. The monoisotopic (exact) mass is 705 g/mol. The van der Waals surface area contributed by atoms with Crippen molar-refractivity contribution in [3.05, 3.63) is 125 Å². The Morgan fingerprint density at radius 1 is 1.00 bits per heavy atom. The van der Waals surface area contributed by atoms with Gasteiger partial charge in [0, 0.05) is 33.9 Å². The number of nitrogens with zero attached hydrogens (tertiary/aromatic N) is 3. The Hall–Kier alpha value is -5.50. The molecule has 3 N–H and O–H groups in total. The van der Waals surface area contributed by atoms with E-state index in [1.54, 1.807) is 6.07 Å². The molecule has 0 radical (unpaired) electrons. The average molecular weight is 707 g/mol. The number of ether oxygens (including phenoxy) is 1. The average Bonchev–Trinajstić information content (AvgIpc) is 3.42. The van der Waals surface area contributed by atoms with Gasteiger partial charge < -0.3 is 15.8 Å². The van der Waals surface area contributed by atoms with Crippen LogP contribution in [0.3, 0.4) is 0 Å². The number of nitrogens with two attached hydrogens (primary N) is 1. The molecule has 2 heterocycles. The molecule has 244 valence electrons. The molecule has 0 saturated heterocycles. The second-order valence-corrected chi connectivity index (χ2v) is 12.6. The summed E-state index contributed by atoms with van der Waals surface area (Å²) in [6.07, 6.45) is 2.69. The number of hydrogen-bond acceptors (Lipinski definition) is 8. The quantitative estimate of drug-likeness (QED) is 0.136. The Labute approximate surface area is 284 Å². The molecular formula is C33H25Cl2N5O7S. The number of nitrogens with one attached hydrogen (secondary N) is 1. The van der Waals surface area contributed by atoms with E-state index < -0.39 is 45.1 Å². The predicted octanol–water partition coefficient (Wildman–Crippen LogP) is 6.13. The number of para-hydroxylation sites is 2. The summed E-state index contributed by atoms with van der Waals surface area (Å²) in [4.78, 5) is 57.8. The molecule has 12 nitrogen and oxygen atoms in total. The molecule has 0 atom stereocenters. The number of aromatic nitrogens is 2. The normalized spacial score (nSPS) is 11.1. The van der Waals surface area contributed by atoms with Crippen LogP contribution in [0.25, 0.3) is 16.5 Å². The zero-order valence-electron chi connectivity index (χ0n) is 25.0. The van der Waals surface area contributed by atoms with E-state index in [9.17, 15) is 27.6 Å². The number of hydrogen-bond donors (Lipinski definition) is 2. The van der Waals surface area contributed by atoms with Gasteiger partial charge >= 0.3 is 12.0 Å². The zero-order chi connectivity index (χ0) is 34.7. The van der Waals surface area contributed by atoms with Crippen LogP contribution in [-0.2, 0) is 19.6 Å². The van der Waals surface area contributed by atoms with Crippen LogP contribution in [0, 0.1) is 0 Å². The van der Waals surface area contributed by atoms with Crippen molar-refractivity contribution >= 4 is 84.9 Å². The molecule has 48 heavy (non-hydrogen) atoms. The van der Waals surface area contributed by atoms with Crippen molar-refractivity contribution in [2.24, 2.45) is 5.73 Å². The molecule has 0 aliphatic carbocycles. The number of anilines is 2. The van der Waals surface area contributed by atoms with Crippen molar-refractivity contribution in [2.75, 3.05) is 16.8 Å². The highest BCUT2D eigenvalue weighted by Gasteiger charge is 2.35. The van der Waals surface area contributed by atoms with Gasteiger partial charge in [0.1, 0.15) is 0 Å². The highest BCUT2D eigenvalue weighted by Crippen LogP contribution is 2.41. The molecule has 5 aromatic rings. The van der Waals surface area contributed by atoms with Crippen molar-refractivity contribution in [3.8, 4) is 0 Å². The van der Waals surface area contributed by atoms with Gasteiger partial charge in [0.25, 0.3) is 21.8 Å². The van der Waals surface area contributed by atoms with Crippen molar-refractivity contribution < 1.29 is 32.3 Å². The highest BCUT2D eigenvalue weighted by molar-refractivity contribution is 7.90. The zero-order valence-corrected chi connectivity index (χ0v) is 27.3. The fourth-order valence-electron chi connectivity index (χ4n) is 4.97. The van der Waals surface area contributed by atoms with Gasteiger partial charge in [-0.3, -0.25) is 14.6 Å². The van der Waals surface area contributed by atoms with Crippen LogP contribution in [0.2, 0.25) is 10.0 Å². The van der Waals surface area contributed by atoms with Crippen LogP contribution >= 0.6 is 23.2 Å². The Morgan fingerprint density at radius 3 is 2.33 bits per heavy atom. The number of imide groups is 1. The third-order valence-electron chi connectivity index (χ3n) is 6.99. The molecule has 0 unspecified atom stereocenters. The van der Waals surface area contributed by atoms with Crippen LogP contribution in [0.5, 0.6) is 0 Å². The van der Waals surface area contributed by atoms with Gasteiger partial charge in [-0.2, -0.15) is 0 Å². The van der Waals surface area contributed by atoms with E-state index >= 15 is 0 Å². The molecule has 2 aromatic heterocycles. The molecule has 0 aliphatic heterocycles. The molecule has 5 rings (SSSR count). The minimum absolute atomic E-state index is 0.0254. The number of fused-ring (bicyclic) bond motifs is 1. The third-order valence-corrected chi connectivity index (χ3v) is 9.24. The number of carbonyl (C=O) groups is 4. The number of rotatable bonds is 9. The maximum atomic E-state index is 14.1. The van der Waals surface area contributed by atoms with Gasteiger partial charge in [-0.25, -0.2) is 26.9 Å². The highest BCUT2D eigenvalue weighted by atomic mass is 35.5. The third kappa shape index (κ3) is 6.26. The van der Waals surface area contributed by atoms with Crippen molar-refractivity contribution in [3.63, 3.8) is 0 Å². The molecule has 0 spiro atoms. The molecule has 4 amide bonds.